The smallest absolute Gasteiger partial charge is 0.322 e. The third-order valence-corrected chi connectivity index (χ3v) is 5.16. The Bertz CT molecular complexity index is 401. The fraction of sp³-hybridized carbons (Fsp3) is 0.917. The van der Waals surface area contributed by atoms with Crippen molar-refractivity contribution in [2.75, 3.05) is 13.2 Å². The predicted molar refractivity (Wildman–Crippen MR) is 116 cm³/mol. The molecule has 0 aliphatic rings. The Hall–Kier alpha value is -1.06. The molecule has 0 rings (SSSR count). The lowest BCUT2D eigenvalue weighted by Crippen LogP contribution is -2.37. The molecule has 0 spiro atoms. The molecule has 4 heteroatoms. The van der Waals surface area contributed by atoms with E-state index in [4.69, 9.17) is 9.47 Å². The summed E-state index contributed by atoms with van der Waals surface area (Å²) in [7, 11) is 0. The lowest BCUT2D eigenvalue weighted by molar-refractivity contribution is -0.170. The van der Waals surface area contributed by atoms with Crippen molar-refractivity contribution >= 4 is 11.9 Å². The number of rotatable bonds is 18. The largest absolute Gasteiger partial charge is 0.465 e. The normalized spacial score (nSPS) is 11.6. The molecule has 166 valence electrons. The number of ether oxygens (including phenoxy) is 2. The van der Waals surface area contributed by atoms with Crippen LogP contribution >= 0.6 is 0 Å². The van der Waals surface area contributed by atoms with Gasteiger partial charge in [-0.25, -0.2) is 0 Å². The third kappa shape index (κ3) is 14.0. The number of hydrogen-bond acceptors (Lipinski definition) is 4. The summed E-state index contributed by atoms with van der Waals surface area (Å²) in [6.07, 6.45) is 15.7. The van der Waals surface area contributed by atoms with Gasteiger partial charge in [-0.1, -0.05) is 85.0 Å². The zero-order chi connectivity index (χ0) is 21.3. The lowest BCUT2D eigenvalue weighted by atomic mass is 9.94. The maximum atomic E-state index is 12.2. The molecule has 28 heavy (non-hydrogen) atoms. The van der Waals surface area contributed by atoms with Crippen LogP contribution in [0.1, 0.15) is 118 Å². The Morgan fingerprint density at radius 3 is 1.50 bits per heavy atom. The Labute approximate surface area is 174 Å². The summed E-state index contributed by atoms with van der Waals surface area (Å²) >= 11 is 0. The SMILES string of the molecule is CCCCCCCCCCCCCOC(=O)C(C)(C)C(=O)OCCCC(C)C. The van der Waals surface area contributed by atoms with E-state index in [1.165, 1.54) is 57.8 Å². The van der Waals surface area contributed by atoms with Crippen LogP contribution in [0.4, 0.5) is 0 Å². The lowest BCUT2D eigenvalue weighted by Gasteiger charge is -2.21. The van der Waals surface area contributed by atoms with Crippen LogP contribution in [0.25, 0.3) is 0 Å². The van der Waals surface area contributed by atoms with E-state index in [1.54, 1.807) is 13.8 Å². The molecular formula is C24H46O4. The van der Waals surface area contributed by atoms with Crippen LogP contribution in [0.2, 0.25) is 0 Å². The van der Waals surface area contributed by atoms with Gasteiger partial charge in [0.25, 0.3) is 0 Å². The maximum absolute atomic E-state index is 12.2. The molecule has 0 aromatic heterocycles. The van der Waals surface area contributed by atoms with Crippen molar-refractivity contribution in [2.24, 2.45) is 11.3 Å². The highest BCUT2D eigenvalue weighted by Gasteiger charge is 2.39. The summed E-state index contributed by atoms with van der Waals surface area (Å²) < 4.78 is 10.6. The quantitative estimate of drug-likeness (QED) is 0.144. The minimum atomic E-state index is -1.23. The second-order valence-electron chi connectivity index (χ2n) is 8.97. The third-order valence-electron chi connectivity index (χ3n) is 5.16. The minimum absolute atomic E-state index is 0.367. The molecule has 0 aliphatic heterocycles. The Kier molecular flexibility index (Phi) is 16.2. The molecule has 0 N–H and O–H groups in total. The van der Waals surface area contributed by atoms with E-state index < -0.39 is 17.4 Å². The van der Waals surface area contributed by atoms with Gasteiger partial charge >= 0.3 is 11.9 Å². The molecule has 0 atom stereocenters. The number of hydrogen-bond donors (Lipinski definition) is 0. The van der Waals surface area contributed by atoms with Crippen molar-refractivity contribution in [2.45, 2.75) is 118 Å². The summed E-state index contributed by atoms with van der Waals surface area (Å²) in [5.74, 6) is -0.379. The Balaban J connectivity index is 3.68. The second kappa shape index (κ2) is 16.9. The first-order chi connectivity index (χ1) is 13.3. The van der Waals surface area contributed by atoms with Gasteiger partial charge in [0.15, 0.2) is 5.41 Å². The first-order valence-corrected chi connectivity index (χ1v) is 11.7. The molecule has 0 radical (unpaired) electrons. The molecule has 0 bridgehead atoms. The molecule has 0 aliphatic carbocycles. The molecule has 0 saturated carbocycles. The zero-order valence-corrected chi connectivity index (χ0v) is 19.3. The average Bonchev–Trinajstić information content (AvgIpc) is 2.65. The molecule has 0 saturated heterocycles. The van der Waals surface area contributed by atoms with Crippen LogP contribution in [0.15, 0.2) is 0 Å². The van der Waals surface area contributed by atoms with Crippen LogP contribution in [-0.4, -0.2) is 25.2 Å². The van der Waals surface area contributed by atoms with E-state index in [-0.39, 0.29) is 0 Å². The minimum Gasteiger partial charge on any atom is -0.465 e. The standard InChI is InChI=1S/C24H46O4/c1-6-7-8-9-10-11-12-13-14-15-16-19-27-22(25)24(4,5)23(26)28-20-17-18-21(2)3/h21H,6-20H2,1-5H3. The van der Waals surface area contributed by atoms with Crippen LogP contribution < -0.4 is 0 Å². The molecule has 0 aromatic carbocycles. The summed E-state index contributed by atoms with van der Waals surface area (Å²) in [6, 6.07) is 0. The van der Waals surface area contributed by atoms with Gasteiger partial charge in [-0.2, -0.15) is 0 Å². The molecule has 0 heterocycles. The van der Waals surface area contributed by atoms with E-state index in [0.29, 0.717) is 19.1 Å². The molecule has 0 amide bonds. The Morgan fingerprint density at radius 1 is 0.679 bits per heavy atom. The predicted octanol–water partition coefficient (Wildman–Crippen LogP) is 6.85. The van der Waals surface area contributed by atoms with Crippen molar-refractivity contribution < 1.29 is 19.1 Å². The van der Waals surface area contributed by atoms with E-state index in [9.17, 15) is 9.59 Å². The van der Waals surface area contributed by atoms with Crippen molar-refractivity contribution in [1.82, 2.24) is 0 Å². The Morgan fingerprint density at radius 2 is 1.07 bits per heavy atom. The zero-order valence-electron chi connectivity index (χ0n) is 19.3. The van der Waals surface area contributed by atoms with Gasteiger partial charge in [0.2, 0.25) is 0 Å². The highest BCUT2D eigenvalue weighted by molar-refractivity contribution is 5.99. The maximum Gasteiger partial charge on any atom is 0.322 e. The van der Waals surface area contributed by atoms with E-state index in [0.717, 1.165) is 25.7 Å². The molecule has 0 fully saturated rings. The van der Waals surface area contributed by atoms with Crippen LogP contribution in [0, 0.1) is 11.3 Å². The van der Waals surface area contributed by atoms with Crippen molar-refractivity contribution in [3.63, 3.8) is 0 Å². The van der Waals surface area contributed by atoms with Gasteiger partial charge in [0.05, 0.1) is 13.2 Å². The average molecular weight is 399 g/mol. The van der Waals surface area contributed by atoms with E-state index in [1.807, 2.05) is 0 Å². The number of unbranched alkanes of at least 4 members (excludes halogenated alkanes) is 10. The van der Waals surface area contributed by atoms with E-state index in [2.05, 4.69) is 20.8 Å². The van der Waals surface area contributed by atoms with Gasteiger partial charge < -0.3 is 9.47 Å². The van der Waals surface area contributed by atoms with Gasteiger partial charge in [-0.3, -0.25) is 9.59 Å². The van der Waals surface area contributed by atoms with Gasteiger partial charge in [-0.05, 0) is 39.0 Å². The summed E-state index contributed by atoms with van der Waals surface area (Å²) in [6.45, 7) is 10.4. The number of carbonyl (C=O) groups excluding carboxylic acids is 2. The highest BCUT2D eigenvalue weighted by atomic mass is 16.6. The molecule has 0 unspecified atom stereocenters. The fourth-order valence-electron chi connectivity index (χ4n) is 3.03. The van der Waals surface area contributed by atoms with Crippen molar-refractivity contribution in [1.29, 1.82) is 0 Å². The second-order valence-corrected chi connectivity index (χ2v) is 8.97. The van der Waals surface area contributed by atoms with Crippen LogP contribution in [0.3, 0.4) is 0 Å². The van der Waals surface area contributed by atoms with Crippen LogP contribution in [-0.2, 0) is 19.1 Å². The topological polar surface area (TPSA) is 52.6 Å². The van der Waals surface area contributed by atoms with Gasteiger partial charge in [0, 0.05) is 0 Å². The first kappa shape index (κ1) is 26.9. The monoisotopic (exact) mass is 398 g/mol. The summed E-state index contributed by atoms with van der Waals surface area (Å²) in [5.41, 5.74) is -1.23. The summed E-state index contributed by atoms with van der Waals surface area (Å²) in [4.78, 5) is 24.4. The van der Waals surface area contributed by atoms with Crippen LogP contribution in [0.5, 0.6) is 0 Å². The number of carbonyl (C=O) groups is 2. The molecular weight excluding hydrogens is 352 g/mol. The highest BCUT2D eigenvalue weighted by Crippen LogP contribution is 2.20. The summed E-state index contributed by atoms with van der Waals surface area (Å²) in [5, 5.41) is 0. The van der Waals surface area contributed by atoms with E-state index >= 15 is 0 Å². The van der Waals surface area contributed by atoms with Crippen molar-refractivity contribution in [3.8, 4) is 0 Å². The molecule has 4 nitrogen and oxygen atoms in total. The fourth-order valence-corrected chi connectivity index (χ4v) is 3.03. The van der Waals surface area contributed by atoms with Gasteiger partial charge in [-0.15, -0.1) is 0 Å². The molecule has 0 aromatic rings. The first-order valence-electron chi connectivity index (χ1n) is 11.7. The van der Waals surface area contributed by atoms with Crippen molar-refractivity contribution in [3.05, 3.63) is 0 Å². The number of esters is 2. The van der Waals surface area contributed by atoms with Gasteiger partial charge in [0.1, 0.15) is 0 Å².